The summed E-state index contributed by atoms with van der Waals surface area (Å²) in [5, 5.41) is 3.17. The number of piperidine rings is 1. The number of halogens is 7. The van der Waals surface area contributed by atoms with E-state index in [2.05, 4.69) is 22.3 Å². The molecular formula is C51H58F7N5O5. The third-order valence-electron chi connectivity index (χ3n) is 14.1. The number of carbonyl (C=O) groups is 3. The summed E-state index contributed by atoms with van der Waals surface area (Å²) in [6, 6.07) is 18.3. The quantitative estimate of drug-likeness (QED) is 0.120. The second kappa shape index (κ2) is 20.3. The highest BCUT2D eigenvalue weighted by Gasteiger charge is 2.50. The molecule has 2 heterocycles. The lowest BCUT2D eigenvalue weighted by atomic mass is 9.72. The van der Waals surface area contributed by atoms with Gasteiger partial charge in [-0.2, -0.15) is 26.3 Å². The van der Waals surface area contributed by atoms with Gasteiger partial charge in [0.1, 0.15) is 24.8 Å². The minimum atomic E-state index is -5.13. The molecule has 3 aliphatic rings. The van der Waals surface area contributed by atoms with Crippen molar-refractivity contribution in [3.05, 3.63) is 140 Å². The van der Waals surface area contributed by atoms with E-state index in [0.717, 1.165) is 28.1 Å². The van der Waals surface area contributed by atoms with E-state index >= 15 is 0 Å². The van der Waals surface area contributed by atoms with Crippen LogP contribution in [0.4, 0.5) is 30.7 Å². The van der Waals surface area contributed by atoms with Crippen molar-refractivity contribution in [2.75, 3.05) is 73.7 Å². The van der Waals surface area contributed by atoms with Crippen molar-refractivity contribution in [2.45, 2.75) is 82.0 Å². The first kappa shape index (κ1) is 50.5. The number of nitrogens with one attached hydrogen (secondary N) is 1. The monoisotopic (exact) mass is 953 g/mol. The molecule has 2 saturated heterocycles. The molecule has 4 aromatic carbocycles. The lowest BCUT2D eigenvalue weighted by molar-refractivity contribution is -0.143. The maximum atomic E-state index is 14.1. The normalized spacial score (nSPS) is 19.4. The third kappa shape index (κ3) is 10.9. The fraction of sp³-hybridized carbons (Fsp3) is 0.471. The van der Waals surface area contributed by atoms with Gasteiger partial charge in [-0.05, 0) is 142 Å². The molecule has 1 spiro atoms. The van der Waals surface area contributed by atoms with Crippen LogP contribution in [0, 0.1) is 19.7 Å². The Bertz CT molecular complexity index is 2420. The van der Waals surface area contributed by atoms with Crippen LogP contribution in [0.5, 0.6) is 0 Å². The average molecular weight is 954 g/mol. The van der Waals surface area contributed by atoms with Gasteiger partial charge in [-0.15, -0.1) is 0 Å². The SMILES string of the molecule is CNCc1c(C)cc(C(=O)N(C)CCCN(C)C(=O)CO[C@H]2Cc3ccccc3C23CCN(CC[C@@]2(c4ccc(F)cc4)CN(C(=O)c4cc(C(F)(F)F)cc(C(F)(F)F)c4)CO2)CC3)cc1C. The lowest BCUT2D eigenvalue weighted by Gasteiger charge is -2.44. The number of ether oxygens (including phenoxy) is 2. The molecule has 68 heavy (non-hydrogen) atoms. The molecule has 0 saturated carbocycles. The van der Waals surface area contributed by atoms with E-state index in [4.69, 9.17) is 9.47 Å². The van der Waals surface area contributed by atoms with Crippen molar-refractivity contribution in [3.63, 3.8) is 0 Å². The van der Waals surface area contributed by atoms with Gasteiger partial charge in [0.2, 0.25) is 5.91 Å². The van der Waals surface area contributed by atoms with Gasteiger partial charge < -0.3 is 34.4 Å². The van der Waals surface area contributed by atoms with Gasteiger partial charge in [-0.25, -0.2) is 4.39 Å². The molecule has 1 aliphatic carbocycles. The van der Waals surface area contributed by atoms with Crippen molar-refractivity contribution in [1.29, 1.82) is 0 Å². The van der Waals surface area contributed by atoms with Crippen LogP contribution < -0.4 is 5.32 Å². The molecule has 0 unspecified atom stereocenters. The van der Waals surface area contributed by atoms with Crippen LogP contribution in [0.1, 0.15) is 90.9 Å². The maximum Gasteiger partial charge on any atom is 0.416 e. The van der Waals surface area contributed by atoms with Crippen molar-refractivity contribution >= 4 is 17.7 Å². The predicted octanol–water partition coefficient (Wildman–Crippen LogP) is 8.51. The first-order valence-corrected chi connectivity index (χ1v) is 22.8. The fourth-order valence-corrected chi connectivity index (χ4v) is 10.1. The summed E-state index contributed by atoms with van der Waals surface area (Å²) in [6.07, 6.45) is -7.66. The van der Waals surface area contributed by atoms with Gasteiger partial charge in [-0.3, -0.25) is 14.4 Å². The predicted molar refractivity (Wildman–Crippen MR) is 241 cm³/mol. The van der Waals surface area contributed by atoms with E-state index < -0.39 is 53.1 Å². The average Bonchev–Trinajstić information content (AvgIpc) is 3.87. The molecule has 17 heteroatoms. The molecule has 0 bridgehead atoms. The number of likely N-dealkylation sites (tertiary alicyclic amines) is 1. The fourth-order valence-electron chi connectivity index (χ4n) is 10.1. The molecule has 0 aromatic heterocycles. The van der Waals surface area contributed by atoms with E-state index in [-0.39, 0.29) is 49.0 Å². The number of hydrogen-bond donors (Lipinski definition) is 1. The lowest BCUT2D eigenvalue weighted by Crippen LogP contribution is -2.50. The van der Waals surface area contributed by atoms with E-state index in [9.17, 15) is 45.1 Å². The summed E-state index contributed by atoms with van der Waals surface area (Å²) in [7, 11) is 5.38. The zero-order valence-corrected chi connectivity index (χ0v) is 39.0. The van der Waals surface area contributed by atoms with Gasteiger partial charge in [-0.1, -0.05) is 36.4 Å². The number of alkyl halides is 6. The molecule has 4 aromatic rings. The van der Waals surface area contributed by atoms with Crippen molar-refractivity contribution in [2.24, 2.45) is 0 Å². The molecule has 10 nitrogen and oxygen atoms in total. The van der Waals surface area contributed by atoms with Crippen molar-refractivity contribution in [3.8, 4) is 0 Å². The van der Waals surface area contributed by atoms with Crippen LogP contribution in [0.2, 0.25) is 0 Å². The highest BCUT2D eigenvalue weighted by Crippen LogP contribution is 2.48. The molecular weight excluding hydrogens is 896 g/mol. The Kier molecular flexibility index (Phi) is 15.1. The smallest absolute Gasteiger partial charge is 0.367 e. The summed E-state index contributed by atoms with van der Waals surface area (Å²) in [4.78, 5) is 47.0. The molecule has 7 rings (SSSR count). The van der Waals surface area contributed by atoms with Crippen LogP contribution in [-0.4, -0.2) is 117 Å². The Hall–Kier alpha value is -5.36. The Morgan fingerprint density at radius 2 is 1.46 bits per heavy atom. The number of aryl methyl sites for hydroxylation is 2. The third-order valence-corrected chi connectivity index (χ3v) is 14.1. The zero-order valence-electron chi connectivity index (χ0n) is 39.0. The number of rotatable bonds is 15. The largest absolute Gasteiger partial charge is 0.416 e. The second-order valence-electron chi connectivity index (χ2n) is 18.5. The van der Waals surface area contributed by atoms with Crippen LogP contribution >= 0.6 is 0 Å². The molecule has 2 fully saturated rings. The van der Waals surface area contributed by atoms with Crippen LogP contribution in [0.3, 0.4) is 0 Å². The standard InChI is InChI=1S/C51H58F7N5O5/c1-33-23-36(24-34(2)42(33)29-59-3)46(65)61(5)19-8-18-60(4)45(64)30-67-44-27-35-9-6-7-10-43(35)48(44)15-20-62(21-16-48)22-17-49(38-11-13-41(52)14-12-38)31-63(32-68-49)47(66)37-25-39(50(53,54)55)28-40(26-37)51(56,57)58/h6-7,9-14,23-26,28,44,59H,8,15-22,27,29-32H2,1-5H3/t44-,49-/m0/s1. The van der Waals surface area contributed by atoms with E-state index in [0.29, 0.717) is 81.7 Å². The molecule has 0 radical (unpaired) electrons. The van der Waals surface area contributed by atoms with Crippen LogP contribution in [0.15, 0.2) is 78.9 Å². The summed E-state index contributed by atoms with van der Waals surface area (Å²) >= 11 is 0. The van der Waals surface area contributed by atoms with E-state index in [1.807, 2.05) is 45.2 Å². The Labute approximate surface area is 392 Å². The number of carbonyl (C=O) groups excluding carboxylic acids is 3. The molecule has 3 amide bonds. The number of hydrogen-bond acceptors (Lipinski definition) is 7. The van der Waals surface area contributed by atoms with Gasteiger partial charge in [0, 0.05) is 56.8 Å². The zero-order chi connectivity index (χ0) is 49.2. The first-order chi connectivity index (χ1) is 32.1. The van der Waals surface area contributed by atoms with Crippen LogP contribution in [0.25, 0.3) is 0 Å². The van der Waals surface area contributed by atoms with Crippen LogP contribution in [-0.2, 0) is 50.6 Å². The highest BCUT2D eigenvalue weighted by atomic mass is 19.4. The molecule has 366 valence electrons. The topological polar surface area (TPSA) is 94.7 Å². The number of fused-ring (bicyclic) bond motifs is 2. The highest BCUT2D eigenvalue weighted by molar-refractivity contribution is 5.95. The summed E-state index contributed by atoms with van der Waals surface area (Å²) in [6.45, 7) is 6.59. The number of nitrogens with zero attached hydrogens (tertiary/aromatic N) is 4. The Balaban J connectivity index is 0.969. The summed E-state index contributed by atoms with van der Waals surface area (Å²) in [5.74, 6) is -1.83. The minimum Gasteiger partial charge on any atom is -0.367 e. The Morgan fingerprint density at radius 3 is 2.07 bits per heavy atom. The molecule has 2 atom stereocenters. The van der Waals surface area contributed by atoms with Crippen molar-refractivity contribution in [1.82, 2.24) is 24.9 Å². The molecule has 1 N–H and O–H groups in total. The van der Waals surface area contributed by atoms with Gasteiger partial charge in [0.05, 0.1) is 23.8 Å². The Morgan fingerprint density at radius 1 is 0.838 bits per heavy atom. The second-order valence-corrected chi connectivity index (χ2v) is 18.5. The van der Waals surface area contributed by atoms with Gasteiger partial charge in [0.15, 0.2) is 0 Å². The first-order valence-electron chi connectivity index (χ1n) is 22.8. The number of likely N-dealkylation sites (N-methyl/N-ethyl adjacent to an activating group) is 1. The summed E-state index contributed by atoms with van der Waals surface area (Å²) < 4.78 is 109. The maximum absolute atomic E-state index is 14.1. The minimum absolute atomic E-state index is 0.0253. The molecule has 2 aliphatic heterocycles. The van der Waals surface area contributed by atoms with Crippen molar-refractivity contribution < 1.29 is 54.6 Å². The van der Waals surface area contributed by atoms with Gasteiger partial charge >= 0.3 is 12.4 Å². The van der Waals surface area contributed by atoms with E-state index in [1.165, 1.54) is 35.4 Å². The van der Waals surface area contributed by atoms with E-state index in [1.54, 1.807) is 23.9 Å². The number of amides is 3. The van der Waals surface area contributed by atoms with Gasteiger partial charge in [0.25, 0.3) is 11.8 Å². The summed E-state index contributed by atoms with van der Waals surface area (Å²) in [5.41, 5.74) is 1.15. The number of benzene rings is 4.